The third kappa shape index (κ3) is 2.57. The Morgan fingerprint density at radius 1 is 1.12 bits per heavy atom. The molecule has 0 radical (unpaired) electrons. The minimum absolute atomic E-state index is 0.851. The van der Waals surface area contributed by atoms with Gasteiger partial charge in [-0.3, -0.25) is 0 Å². The van der Waals surface area contributed by atoms with E-state index in [-0.39, 0.29) is 0 Å². The number of rotatable bonds is 3. The predicted molar refractivity (Wildman–Crippen MR) is 65.0 cm³/mol. The number of nitrogens with two attached hydrogens (primary N) is 1. The zero-order valence-electron chi connectivity index (χ0n) is 9.35. The van der Waals surface area contributed by atoms with E-state index in [0.29, 0.717) is 0 Å². The highest BCUT2D eigenvalue weighted by Gasteiger charge is 1.99. The SMILES string of the molecule is Cc1ccc(CCc2ncccn2)cc1N. The van der Waals surface area contributed by atoms with Crippen molar-refractivity contribution in [3.05, 3.63) is 53.6 Å². The largest absolute Gasteiger partial charge is 0.399 e. The van der Waals surface area contributed by atoms with E-state index in [1.54, 1.807) is 12.4 Å². The first-order valence-electron chi connectivity index (χ1n) is 5.36. The van der Waals surface area contributed by atoms with E-state index in [0.717, 1.165) is 29.9 Å². The van der Waals surface area contributed by atoms with E-state index in [9.17, 15) is 0 Å². The van der Waals surface area contributed by atoms with Crippen molar-refractivity contribution in [1.82, 2.24) is 9.97 Å². The fourth-order valence-corrected chi connectivity index (χ4v) is 1.56. The fraction of sp³-hybridized carbons (Fsp3) is 0.231. The topological polar surface area (TPSA) is 51.8 Å². The molecule has 2 aromatic rings. The van der Waals surface area contributed by atoms with Crippen LogP contribution in [0.25, 0.3) is 0 Å². The summed E-state index contributed by atoms with van der Waals surface area (Å²) < 4.78 is 0. The molecule has 2 rings (SSSR count). The molecule has 1 heterocycles. The van der Waals surface area contributed by atoms with Gasteiger partial charge in [-0.25, -0.2) is 9.97 Å². The van der Waals surface area contributed by atoms with Gasteiger partial charge in [0.25, 0.3) is 0 Å². The molecule has 0 atom stereocenters. The van der Waals surface area contributed by atoms with Crippen LogP contribution in [-0.4, -0.2) is 9.97 Å². The minimum Gasteiger partial charge on any atom is -0.399 e. The van der Waals surface area contributed by atoms with Crippen LogP contribution in [0.5, 0.6) is 0 Å². The van der Waals surface area contributed by atoms with Gasteiger partial charge in [-0.2, -0.15) is 0 Å². The van der Waals surface area contributed by atoms with Crippen molar-refractivity contribution in [2.75, 3.05) is 5.73 Å². The van der Waals surface area contributed by atoms with Crippen molar-refractivity contribution in [1.29, 1.82) is 0 Å². The summed E-state index contributed by atoms with van der Waals surface area (Å²) in [6.07, 6.45) is 5.31. The molecule has 2 N–H and O–H groups in total. The first kappa shape index (κ1) is 10.6. The molecule has 0 amide bonds. The first-order chi connectivity index (χ1) is 7.75. The Morgan fingerprint density at radius 3 is 2.56 bits per heavy atom. The number of nitrogens with zero attached hydrogens (tertiary/aromatic N) is 2. The molecule has 0 bridgehead atoms. The summed E-state index contributed by atoms with van der Waals surface area (Å²) in [5.41, 5.74) is 9.07. The predicted octanol–water partition coefficient (Wildman–Crippen LogP) is 2.15. The first-order valence-corrected chi connectivity index (χ1v) is 5.36. The Kier molecular flexibility index (Phi) is 3.15. The monoisotopic (exact) mass is 213 g/mol. The van der Waals surface area contributed by atoms with Crippen LogP contribution in [0.4, 0.5) is 5.69 Å². The van der Waals surface area contributed by atoms with Crippen molar-refractivity contribution >= 4 is 5.69 Å². The molecule has 0 fully saturated rings. The molecule has 82 valence electrons. The van der Waals surface area contributed by atoms with Crippen molar-refractivity contribution in [2.24, 2.45) is 0 Å². The molecule has 3 heteroatoms. The maximum Gasteiger partial charge on any atom is 0.128 e. The fourth-order valence-electron chi connectivity index (χ4n) is 1.56. The Morgan fingerprint density at radius 2 is 1.88 bits per heavy atom. The van der Waals surface area contributed by atoms with E-state index in [1.165, 1.54) is 5.56 Å². The Labute approximate surface area is 95.4 Å². The average Bonchev–Trinajstić information content (AvgIpc) is 2.32. The molecule has 0 aliphatic carbocycles. The lowest BCUT2D eigenvalue weighted by molar-refractivity contribution is 0.857. The highest BCUT2D eigenvalue weighted by atomic mass is 14.8. The van der Waals surface area contributed by atoms with Crippen LogP contribution in [0.3, 0.4) is 0 Å². The van der Waals surface area contributed by atoms with Crippen molar-refractivity contribution in [3.8, 4) is 0 Å². The zero-order chi connectivity index (χ0) is 11.4. The lowest BCUT2D eigenvalue weighted by atomic mass is 10.1. The minimum atomic E-state index is 0.851. The number of hydrogen-bond acceptors (Lipinski definition) is 3. The van der Waals surface area contributed by atoms with E-state index in [4.69, 9.17) is 5.73 Å². The smallest absolute Gasteiger partial charge is 0.128 e. The second-order valence-electron chi connectivity index (χ2n) is 3.86. The van der Waals surface area contributed by atoms with Crippen LogP contribution in [0, 0.1) is 6.92 Å². The molecular formula is C13H15N3. The van der Waals surface area contributed by atoms with Gasteiger partial charge in [0.1, 0.15) is 5.82 Å². The summed E-state index contributed by atoms with van der Waals surface area (Å²) in [6.45, 7) is 2.01. The van der Waals surface area contributed by atoms with Crippen molar-refractivity contribution in [3.63, 3.8) is 0 Å². The highest BCUT2D eigenvalue weighted by molar-refractivity contribution is 5.48. The van der Waals surface area contributed by atoms with Crippen molar-refractivity contribution < 1.29 is 0 Å². The Bertz CT molecular complexity index is 466. The molecule has 0 saturated carbocycles. The number of benzene rings is 1. The van der Waals surface area contributed by atoms with E-state index < -0.39 is 0 Å². The summed E-state index contributed by atoms with van der Waals surface area (Å²) in [7, 11) is 0. The molecule has 1 aromatic carbocycles. The van der Waals surface area contributed by atoms with Gasteiger partial charge in [-0.1, -0.05) is 12.1 Å². The molecule has 0 aliphatic heterocycles. The maximum absolute atomic E-state index is 5.86. The second-order valence-corrected chi connectivity index (χ2v) is 3.86. The molecule has 0 unspecified atom stereocenters. The number of anilines is 1. The van der Waals surface area contributed by atoms with Gasteiger partial charge in [0.15, 0.2) is 0 Å². The summed E-state index contributed by atoms with van der Waals surface area (Å²) in [5, 5.41) is 0. The van der Waals surface area contributed by atoms with Crippen LogP contribution in [0.2, 0.25) is 0 Å². The molecule has 16 heavy (non-hydrogen) atoms. The van der Waals surface area contributed by atoms with Gasteiger partial charge < -0.3 is 5.73 Å². The van der Waals surface area contributed by atoms with Gasteiger partial charge in [0, 0.05) is 24.5 Å². The number of hydrogen-bond donors (Lipinski definition) is 1. The normalized spacial score (nSPS) is 10.3. The van der Waals surface area contributed by atoms with Gasteiger partial charge in [-0.15, -0.1) is 0 Å². The van der Waals surface area contributed by atoms with Crippen LogP contribution in [0.1, 0.15) is 17.0 Å². The number of aryl methyl sites for hydroxylation is 3. The number of aromatic nitrogens is 2. The van der Waals surface area contributed by atoms with Crippen LogP contribution in [-0.2, 0) is 12.8 Å². The van der Waals surface area contributed by atoms with Gasteiger partial charge in [0.2, 0.25) is 0 Å². The maximum atomic E-state index is 5.86. The summed E-state index contributed by atoms with van der Waals surface area (Å²) >= 11 is 0. The van der Waals surface area contributed by atoms with E-state index in [2.05, 4.69) is 22.1 Å². The highest BCUT2D eigenvalue weighted by Crippen LogP contribution is 2.14. The Balaban J connectivity index is 2.03. The second kappa shape index (κ2) is 4.75. The number of nitrogen functional groups attached to an aromatic ring is 1. The standard InChI is InChI=1S/C13H15N3/c1-10-3-4-11(9-12(10)14)5-6-13-15-7-2-8-16-13/h2-4,7-9H,5-6,14H2,1H3. The van der Waals surface area contributed by atoms with Crippen molar-refractivity contribution in [2.45, 2.75) is 19.8 Å². The van der Waals surface area contributed by atoms with E-state index in [1.807, 2.05) is 19.1 Å². The van der Waals surface area contributed by atoms with Gasteiger partial charge >= 0.3 is 0 Å². The Hall–Kier alpha value is -1.90. The summed E-state index contributed by atoms with van der Waals surface area (Å²) in [6, 6.07) is 8.01. The lowest BCUT2D eigenvalue weighted by Gasteiger charge is -2.04. The van der Waals surface area contributed by atoms with Crippen LogP contribution < -0.4 is 5.73 Å². The molecule has 0 aliphatic rings. The molecule has 1 aromatic heterocycles. The third-order valence-electron chi connectivity index (χ3n) is 2.60. The van der Waals surface area contributed by atoms with Crippen LogP contribution in [0.15, 0.2) is 36.7 Å². The van der Waals surface area contributed by atoms with Crippen LogP contribution >= 0.6 is 0 Å². The molecule has 0 saturated heterocycles. The van der Waals surface area contributed by atoms with Gasteiger partial charge in [0.05, 0.1) is 0 Å². The lowest BCUT2D eigenvalue weighted by Crippen LogP contribution is -1.98. The van der Waals surface area contributed by atoms with E-state index >= 15 is 0 Å². The van der Waals surface area contributed by atoms with Gasteiger partial charge in [-0.05, 0) is 36.6 Å². The third-order valence-corrected chi connectivity index (χ3v) is 2.60. The average molecular weight is 213 g/mol. The molecule has 0 spiro atoms. The molecular weight excluding hydrogens is 198 g/mol. The molecule has 3 nitrogen and oxygen atoms in total. The quantitative estimate of drug-likeness (QED) is 0.795. The summed E-state index contributed by atoms with van der Waals surface area (Å²) in [4.78, 5) is 8.38. The summed E-state index contributed by atoms with van der Waals surface area (Å²) in [5.74, 6) is 0.877. The zero-order valence-corrected chi connectivity index (χ0v) is 9.35.